The third-order valence-electron chi connectivity index (χ3n) is 3.10. The number of hydrogen-bond donors (Lipinski definition) is 1. The van der Waals surface area contributed by atoms with Crippen LogP contribution in [-0.4, -0.2) is 37.2 Å². The van der Waals surface area contributed by atoms with Gasteiger partial charge < -0.3 is 4.90 Å². The van der Waals surface area contributed by atoms with E-state index in [0.29, 0.717) is 0 Å². The normalized spacial score (nSPS) is 11.7. The fourth-order valence-corrected chi connectivity index (χ4v) is 2.31. The molecule has 0 radical (unpaired) electrons. The molecule has 1 rings (SSSR count). The lowest BCUT2D eigenvalue weighted by molar-refractivity contribution is -0.431. The van der Waals surface area contributed by atoms with Crippen LogP contribution >= 0.6 is 22.5 Å². The first-order chi connectivity index (χ1) is 10.1. The van der Waals surface area contributed by atoms with Crippen molar-refractivity contribution in [3.05, 3.63) is 60.8 Å². The molecule has 0 saturated carbocycles. The van der Waals surface area contributed by atoms with Crippen molar-refractivity contribution in [1.82, 2.24) is 0 Å². The van der Waals surface area contributed by atoms with Gasteiger partial charge in [0.15, 0.2) is 11.9 Å². The molecule has 1 aromatic carbocycles. The van der Waals surface area contributed by atoms with Gasteiger partial charge in [0.1, 0.15) is 7.05 Å². The summed E-state index contributed by atoms with van der Waals surface area (Å²) in [7, 11) is 5.61. The van der Waals surface area contributed by atoms with E-state index in [0.717, 1.165) is 23.6 Å². The molecule has 0 heterocycles. The Labute approximate surface area is 137 Å². The van der Waals surface area contributed by atoms with Crippen LogP contribution in [0, 0.1) is 0 Å². The minimum atomic E-state index is 0.918. The lowest BCUT2D eigenvalue weighted by Gasteiger charge is -2.18. The molecule has 2 nitrogen and oxygen atoms in total. The Balaban J connectivity index is 2.68. The van der Waals surface area contributed by atoms with E-state index in [9.17, 15) is 0 Å². The highest BCUT2D eigenvalue weighted by Gasteiger charge is 2.01. The zero-order chi connectivity index (χ0) is 15.7. The molecule has 0 saturated heterocycles. The SMILES string of the molecule is C=CC=[N+](C)C(=C)/C=C/c1ccc(N(C)CCSS)cc1. The number of allylic oxidation sites excluding steroid dienone is 2. The molecule has 112 valence electrons. The summed E-state index contributed by atoms with van der Waals surface area (Å²) in [5.74, 6) is 1.01. The zero-order valence-corrected chi connectivity index (χ0v) is 14.4. The Morgan fingerprint density at radius 2 is 2.05 bits per heavy atom. The van der Waals surface area contributed by atoms with Crippen LogP contribution in [0.25, 0.3) is 6.08 Å². The molecular weight excluding hydrogens is 296 g/mol. The van der Waals surface area contributed by atoms with Crippen LogP contribution in [0.1, 0.15) is 5.56 Å². The predicted molar refractivity (Wildman–Crippen MR) is 102 cm³/mol. The number of rotatable bonds is 8. The number of likely N-dealkylation sites (N-methyl/N-ethyl adjacent to an activating group) is 1. The second-order valence-corrected chi connectivity index (χ2v) is 6.11. The minimum Gasteiger partial charge on any atom is -0.374 e. The Bertz CT molecular complexity index is 530. The summed E-state index contributed by atoms with van der Waals surface area (Å²) in [5.41, 5.74) is 3.29. The van der Waals surface area contributed by atoms with Gasteiger partial charge in [-0.25, -0.2) is 4.58 Å². The summed E-state index contributed by atoms with van der Waals surface area (Å²) < 4.78 is 1.93. The third kappa shape index (κ3) is 6.27. The molecule has 0 unspecified atom stereocenters. The maximum atomic E-state index is 4.16. The van der Waals surface area contributed by atoms with Gasteiger partial charge in [-0.3, -0.25) is 0 Å². The molecular formula is C17H23N2S2+. The molecule has 4 heteroatoms. The number of benzene rings is 1. The maximum absolute atomic E-state index is 4.16. The molecule has 0 aliphatic heterocycles. The van der Waals surface area contributed by atoms with E-state index in [4.69, 9.17) is 0 Å². The van der Waals surface area contributed by atoms with Crippen molar-refractivity contribution >= 4 is 40.4 Å². The standard InChI is InChI=1S/C17H22N2S2/c1-5-12-18(3)15(2)6-7-16-8-10-17(11-9-16)19(4)13-14-21-20/h5-12H,1-2,13-14H2,3-4H3/p+1/b7-6+,18-12?. The largest absolute Gasteiger partial charge is 0.374 e. The van der Waals surface area contributed by atoms with Crippen LogP contribution < -0.4 is 4.90 Å². The first-order valence-corrected chi connectivity index (χ1v) is 8.75. The molecule has 0 aromatic heterocycles. The fourth-order valence-electron chi connectivity index (χ4n) is 1.71. The van der Waals surface area contributed by atoms with Crippen LogP contribution in [0.3, 0.4) is 0 Å². The molecule has 1 aromatic rings. The van der Waals surface area contributed by atoms with E-state index in [1.54, 1.807) is 16.9 Å². The van der Waals surface area contributed by atoms with Gasteiger partial charge in [-0.1, -0.05) is 29.5 Å². The molecule has 0 aliphatic carbocycles. The molecule has 0 fully saturated rings. The summed E-state index contributed by atoms with van der Waals surface area (Å²) in [6.07, 6.45) is 7.68. The van der Waals surface area contributed by atoms with Gasteiger partial charge >= 0.3 is 0 Å². The summed E-state index contributed by atoms with van der Waals surface area (Å²) in [6, 6.07) is 8.48. The maximum Gasteiger partial charge on any atom is 0.197 e. The van der Waals surface area contributed by atoms with E-state index in [2.05, 4.69) is 67.1 Å². The summed E-state index contributed by atoms with van der Waals surface area (Å²) >= 11 is 4.16. The van der Waals surface area contributed by atoms with Crippen molar-refractivity contribution < 1.29 is 4.58 Å². The Kier molecular flexibility index (Phi) is 8.01. The molecule has 0 atom stereocenters. The monoisotopic (exact) mass is 319 g/mol. The van der Waals surface area contributed by atoms with E-state index >= 15 is 0 Å². The second kappa shape index (κ2) is 9.53. The minimum absolute atomic E-state index is 0.918. The van der Waals surface area contributed by atoms with Crippen molar-refractivity contribution in [1.29, 1.82) is 0 Å². The van der Waals surface area contributed by atoms with Gasteiger partial charge in [0.2, 0.25) is 0 Å². The first-order valence-electron chi connectivity index (χ1n) is 6.71. The lowest BCUT2D eigenvalue weighted by atomic mass is 10.1. The van der Waals surface area contributed by atoms with Crippen molar-refractivity contribution in [2.45, 2.75) is 0 Å². The quantitative estimate of drug-likeness (QED) is 0.253. The molecule has 0 aliphatic rings. The molecule has 0 bridgehead atoms. The van der Waals surface area contributed by atoms with Gasteiger partial charge in [0, 0.05) is 31.1 Å². The van der Waals surface area contributed by atoms with Gasteiger partial charge in [-0.05, 0) is 36.4 Å². The van der Waals surface area contributed by atoms with E-state index in [1.807, 2.05) is 23.9 Å². The number of hydrogen-bond acceptors (Lipinski definition) is 3. The van der Waals surface area contributed by atoms with Crippen molar-refractivity contribution in [3.8, 4) is 0 Å². The van der Waals surface area contributed by atoms with E-state index in [-0.39, 0.29) is 0 Å². The zero-order valence-electron chi connectivity index (χ0n) is 12.7. The van der Waals surface area contributed by atoms with Crippen molar-refractivity contribution in [3.63, 3.8) is 0 Å². The summed E-state index contributed by atoms with van der Waals surface area (Å²) in [5, 5.41) is 0. The topological polar surface area (TPSA) is 6.25 Å². The molecule has 21 heavy (non-hydrogen) atoms. The average molecular weight is 320 g/mol. The Morgan fingerprint density at radius 1 is 1.38 bits per heavy atom. The number of anilines is 1. The molecule has 0 spiro atoms. The molecule has 0 amide bonds. The predicted octanol–water partition coefficient (Wildman–Crippen LogP) is 4.13. The highest BCUT2D eigenvalue weighted by atomic mass is 33.1. The fraction of sp³-hybridized carbons (Fsp3) is 0.235. The Hall–Kier alpha value is -1.39. The van der Waals surface area contributed by atoms with Crippen LogP contribution in [0.2, 0.25) is 0 Å². The van der Waals surface area contributed by atoms with Crippen LogP contribution in [0.5, 0.6) is 0 Å². The third-order valence-corrected chi connectivity index (χ3v) is 4.01. The van der Waals surface area contributed by atoms with Crippen LogP contribution in [0.4, 0.5) is 5.69 Å². The Morgan fingerprint density at radius 3 is 2.62 bits per heavy atom. The lowest BCUT2D eigenvalue weighted by Crippen LogP contribution is -2.19. The first kappa shape index (κ1) is 17.7. The van der Waals surface area contributed by atoms with E-state index < -0.39 is 0 Å². The highest BCUT2D eigenvalue weighted by Crippen LogP contribution is 2.16. The molecule has 0 N–H and O–H groups in total. The van der Waals surface area contributed by atoms with Crippen LogP contribution in [0.15, 0.2) is 55.3 Å². The van der Waals surface area contributed by atoms with E-state index in [1.165, 1.54) is 5.69 Å². The smallest absolute Gasteiger partial charge is 0.197 e. The van der Waals surface area contributed by atoms with Gasteiger partial charge in [-0.2, -0.15) is 0 Å². The summed E-state index contributed by atoms with van der Waals surface area (Å²) in [6.45, 7) is 8.67. The van der Waals surface area contributed by atoms with Crippen molar-refractivity contribution in [2.24, 2.45) is 0 Å². The van der Waals surface area contributed by atoms with Crippen LogP contribution in [-0.2, 0) is 0 Å². The van der Waals surface area contributed by atoms with Gasteiger partial charge in [0.25, 0.3) is 0 Å². The number of thiol groups is 1. The number of nitrogens with zero attached hydrogens (tertiary/aromatic N) is 2. The average Bonchev–Trinajstić information content (AvgIpc) is 2.51. The van der Waals surface area contributed by atoms with Crippen molar-refractivity contribution in [2.75, 3.05) is 31.3 Å². The second-order valence-electron chi connectivity index (χ2n) is 4.67. The van der Waals surface area contributed by atoms with Gasteiger partial charge in [0.05, 0.1) is 0 Å². The highest BCUT2D eigenvalue weighted by molar-refractivity contribution is 8.68. The van der Waals surface area contributed by atoms with Gasteiger partial charge in [-0.15, -0.1) is 11.7 Å². The summed E-state index contributed by atoms with van der Waals surface area (Å²) in [4.78, 5) is 2.22.